The van der Waals surface area contributed by atoms with E-state index in [9.17, 15) is 4.79 Å². The molecule has 0 aliphatic rings. The van der Waals surface area contributed by atoms with Crippen LogP contribution in [-0.4, -0.2) is 28.3 Å². The van der Waals surface area contributed by atoms with Gasteiger partial charge in [0.2, 0.25) is 10.1 Å². The SMILES string of the molecule is CCOc1ccc(CN(C)c2nn3c(=O)cc(CC)nc3s2)cc1. The van der Waals surface area contributed by atoms with Crippen LogP contribution in [0.5, 0.6) is 5.75 Å². The number of rotatable bonds is 6. The van der Waals surface area contributed by atoms with E-state index in [-0.39, 0.29) is 5.56 Å². The Hall–Kier alpha value is -2.41. The predicted octanol–water partition coefficient (Wildman–Crippen LogP) is 2.75. The number of anilines is 1. The van der Waals surface area contributed by atoms with E-state index in [1.54, 1.807) is 6.07 Å². The molecule has 0 radical (unpaired) electrons. The van der Waals surface area contributed by atoms with Crippen molar-refractivity contribution < 1.29 is 4.74 Å². The summed E-state index contributed by atoms with van der Waals surface area (Å²) in [6, 6.07) is 9.54. The predicted molar refractivity (Wildman–Crippen MR) is 96.2 cm³/mol. The quantitative estimate of drug-likeness (QED) is 0.688. The van der Waals surface area contributed by atoms with Crippen molar-refractivity contribution in [2.24, 2.45) is 0 Å². The second-order valence-electron chi connectivity index (χ2n) is 5.45. The van der Waals surface area contributed by atoms with Crippen molar-refractivity contribution in [2.75, 3.05) is 18.6 Å². The first kappa shape index (κ1) is 16.4. The smallest absolute Gasteiger partial charge is 0.275 e. The first-order valence-electron chi connectivity index (χ1n) is 7.93. The van der Waals surface area contributed by atoms with Gasteiger partial charge in [0, 0.05) is 25.4 Å². The molecule has 0 saturated heterocycles. The highest BCUT2D eigenvalue weighted by atomic mass is 32.1. The number of fused-ring (bicyclic) bond motifs is 1. The fourth-order valence-electron chi connectivity index (χ4n) is 2.38. The van der Waals surface area contributed by atoms with Gasteiger partial charge in [0.05, 0.1) is 6.61 Å². The Kier molecular flexibility index (Phi) is 4.80. The summed E-state index contributed by atoms with van der Waals surface area (Å²) in [7, 11) is 1.96. The standard InChI is InChI=1S/C17H20N4O2S/c1-4-13-10-15(22)21-16(18-13)24-17(19-21)20(3)11-12-6-8-14(9-7-12)23-5-2/h6-10H,4-5,11H2,1-3H3. The number of hydrogen-bond donors (Lipinski definition) is 0. The van der Waals surface area contributed by atoms with E-state index < -0.39 is 0 Å². The van der Waals surface area contributed by atoms with Gasteiger partial charge in [-0.1, -0.05) is 30.4 Å². The van der Waals surface area contributed by atoms with Gasteiger partial charge in [-0.15, -0.1) is 5.10 Å². The van der Waals surface area contributed by atoms with Crippen molar-refractivity contribution >= 4 is 21.4 Å². The molecular weight excluding hydrogens is 324 g/mol. The highest BCUT2D eigenvalue weighted by molar-refractivity contribution is 7.20. The molecule has 0 aliphatic heterocycles. The highest BCUT2D eigenvalue weighted by Gasteiger charge is 2.12. The maximum absolute atomic E-state index is 12.1. The molecular formula is C17H20N4O2S. The van der Waals surface area contributed by atoms with Gasteiger partial charge in [-0.25, -0.2) is 4.98 Å². The molecule has 2 heterocycles. The average molecular weight is 344 g/mol. The van der Waals surface area contributed by atoms with Gasteiger partial charge in [0.1, 0.15) is 5.75 Å². The molecule has 0 unspecified atom stereocenters. The Morgan fingerprint density at radius 2 is 2.00 bits per heavy atom. The van der Waals surface area contributed by atoms with Crippen molar-refractivity contribution in [3.63, 3.8) is 0 Å². The van der Waals surface area contributed by atoms with Crippen LogP contribution in [0.2, 0.25) is 0 Å². The molecule has 0 N–H and O–H groups in total. The maximum Gasteiger partial charge on any atom is 0.275 e. The summed E-state index contributed by atoms with van der Waals surface area (Å²) in [5.74, 6) is 0.867. The van der Waals surface area contributed by atoms with Gasteiger partial charge < -0.3 is 9.64 Å². The molecule has 3 aromatic rings. The van der Waals surface area contributed by atoms with E-state index in [1.165, 1.54) is 15.9 Å². The molecule has 3 rings (SSSR count). The molecule has 2 aromatic heterocycles. The summed E-state index contributed by atoms with van der Waals surface area (Å²) in [5.41, 5.74) is 1.81. The molecule has 24 heavy (non-hydrogen) atoms. The third kappa shape index (κ3) is 3.41. The highest BCUT2D eigenvalue weighted by Crippen LogP contribution is 2.22. The number of ether oxygens (including phenoxy) is 1. The Morgan fingerprint density at radius 3 is 2.67 bits per heavy atom. The van der Waals surface area contributed by atoms with Crippen LogP contribution in [0, 0.1) is 0 Å². The molecule has 0 bridgehead atoms. The molecule has 126 valence electrons. The van der Waals surface area contributed by atoms with Gasteiger partial charge in [0.15, 0.2) is 0 Å². The van der Waals surface area contributed by atoms with Crippen LogP contribution in [0.1, 0.15) is 25.1 Å². The van der Waals surface area contributed by atoms with Crippen molar-refractivity contribution in [1.29, 1.82) is 0 Å². The normalized spacial score (nSPS) is 11.0. The second kappa shape index (κ2) is 7.00. The van der Waals surface area contributed by atoms with Crippen LogP contribution in [-0.2, 0) is 13.0 Å². The Labute approximate surface area is 144 Å². The topological polar surface area (TPSA) is 59.7 Å². The van der Waals surface area contributed by atoms with Crippen molar-refractivity contribution in [1.82, 2.24) is 14.6 Å². The molecule has 0 spiro atoms. The number of benzene rings is 1. The zero-order valence-corrected chi connectivity index (χ0v) is 14.8. The monoisotopic (exact) mass is 344 g/mol. The molecule has 1 aromatic carbocycles. The van der Waals surface area contributed by atoms with Crippen molar-refractivity contribution in [3.8, 4) is 5.75 Å². The lowest BCUT2D eigenvalue weighted by Gasteiger charge is -2.15. The lowest BCUT2D eigenvalue weighted by Crippen LogP contribution is -2.18. The third-order valence-electron chi connectivity index (χ3n) is 3.63. The largest absolute Gasteiger partial charge is 0.494 e. The first-order chi connectivity index (χ1) is 11.6. The summed E-state index contributed by atoms with van der Waals surface area (Å²) < 4.78 is 6.82. The van der Waals surface area contributed by atoms with E-state index in [0.29, 0.717) is 18.1 Å². The summed E-state index contributed by atoms with van der Waals surface area (Å²) in [6.07, 6.45) is 0.737. The lowest BCUT2D eigenvalue weighted by molar-refractivity contribution is 0.340. The molecule has 0 aliphatic carbocycles. The van der Waals surface area contributed by atoms with E-state index in [0.717, 1.165) is 28.6 Å². The van der Waals surface area contributed by atoms with Crippen LogP contribution in [0.4, 0.5) is 5.13 Å². The van der Waals surface area contributed by atoms with Crippen LogP contribution in [0.3, 0.4) is 0 Å². The van der Waals surface area contributed by atoms with Crippen molar-refractivity contribution in [2.45, 2.75) is 26.8 Å². The minimum Gasteiger partial charge on any atom is -0.494 e. The minimum absolute atomic E-state index is 0.131. The molecule has 0 saturated carbocycles. The average Bonchev–Trinajstić information content (AvgIpc) is 3.01. The fraction of sp³-hybridized carbons (Fsp3) is 0.353. The summed E-state index contributed by atoms with van der Waals surface area (Å²) in [5, 5.41) is 5.16. The van der Waals surface area contributed by atoms with Gasteiger partial charge >= 0.3 is 0 Å². The van der Waals surface area contributed by atoms with E-state index >= 15 is 0 Å². The first-order valence-corrected chi connectivity index (χ1v) is 8.75. The molecule has 0 amide bonds. The Morgan fingerprint density at radius 1 is 1.25 bits per heavy atom. The van der Waals surface area contributed by atoms with Gasteiger partial charge in [-0.05, 0) is 31.0 Å². The Balaban J connectivity index is 1.81. The zero-order chi connectivity index (χ0) is 17.1. The maximum atomic E-state index is 12.1. The van der Waals surface area contributed by atoms with E-state index in [2.05, 4.69) is 10.1 Å². The number of hydrogen-bond acceptors (Lipinski definition) is 6. The molecule has 7 heteroatoms. The summed E-state index contributed by atoms with van der Waals surface area (Å²) in [6.45, 7) is 5.31. The van der Waals surface area contributed by atoms with Gasteiger partial charge in [0.25, 0.3) is 5.56 Å². The molecule has 0 fully saturated rings. The van der Waals surface area contributed by atoms with E-state index in [1.807, 2.05) is 50.1 Å². The molecule has 6 nitrogen and oxygen atoms in total. The van der Waals surface area contributed by atoms with Crippen molar-refractivity contribution in [3.05, 3.63) is 51.9 Å². The number of aryl methyl sites for hydroxylation is 1. The molecule has 0 atom stereocenters. The summed E-state index contributed by atoms with van der Waals surface area (Å²) in [4.78, 5) is 19.2. The summed E-state index contributed by atoms with van der Waals surface area (Å²) >= 11 is 1.42. The second-order valence-corrected chi connectivity index (χ2v) is 6.39. The fourth-order valence-corrected chi connectivity index (χ4v) is 3.27. The Bertz CT molecular complexity index is 886. The van der Waals surface area contributed by atoms with Crippen LogP contribution in [0.15, 0.2) is 35.1 Å². The minimum atomic E-state index is -0.131. The number of aromatic nitrogens is 3. The van der Waals surface area contributed by atoms with Gasteiger partial charge in [-0.3, -0.25) is 4.79 Å². The van der Waals surface area contributed by atoms with Crippen LogP contribution < -0.4 is 15.2 Å². The third-order valence-corrected chi connectivity index (χ3v) is 4.65. The zero-order valence-electron chi connectivity index (χ0n) is 14.0. The van der Waals surface area contributed by atoms with Gasteiger partial charge in [-0.2, -0.15) is 4.52 Å². The number of nitrogens with zero attached hydrogens (tertiary/aromatic N) is 4. The van der Waals surface area contributed by atoms with Crippen LogP contribution in [0.25, 0.3) is 4.96 Å². The van der Waals surface area contributed by atoms with E-state index in [4.69, 9.17) is 4.74 Å². The lowest BCUT2D eigenvalue weighted by atomic mass is 10.2. The van der Waals surface area contributed by atoms with Crippen LogP contribution >= 0.6 is 11.3 Å².